The highest BCUT2D eigenvalue weighted by molar-refractivity contribution is 5.85. The molecule has 1 aromatic rings. The summed E-state index contributed by atoms with van der Waals surface area (Å²) in [7, 11) is 1.80. The predicted molar refractivity (Wildman–Crippen MR) is 60.8 cm³/mol. The van der Waals surface area contributed by atoms with Crippen LogP contribution in [-0.4, -0.2) is 34.7 Å². The van der Waals surface area contributed by atoms with Gasteiger partial charge in [-0.25, -0.2) is 0 Å². The number of aromatic amines is 1. The molecule has 0 aliphatic heterocycles. The Morgan fingerprint density at radius 2 is 2.12 bits per heavy atom. The Hall–Kier alpha value is -0.790. The zero-order valence-electron chi connectivity index (χ0n) is 9.58. The number of rotatable bonds is 4. The van der Waals surface area contributed by atoms with Gasteiger partial charge in [0.15, 0.2) is 5.69 Å². The van der Waals surface area contributed by atoms with Crippen LogP contribution in [0.1, 0.15) is 18.3 Å². The summed E-state index contributed by atoms with van der Waals surface area (Å²) < 4.78 is 36.7. The summed E-state index contributed by atoms with van der Waals surface area (Å²) in [4.78, 5) is 1.85. The SMILES string of the molecule is CC(CN)N(C)Cc1cc(C(F)(F)F)n[nH]1.Cl. The first-order valence-corrected chi connectivity index (χ1v) is 4.86. The van der Waals surface area contributed by atoms with Gasteiger partial charge in [-0.3, -0.25) is 10.00 Å². The van der Waals surface area contributed by atoms with Gasteiger partial charge in [-0.1, -0.05) is 0 Å². The third-order valence-corrected chi connectivity index (χ3v) is 2.43. The number of alkyl halides is 3. The molecule has 1 heterocycles. The van der Waals surface area contributed by atoms with Crippen molar-refractivity contribution in [3.8, 4) is 0 Å². The first-order valence-electron chi connectivity index (χ1n) is 4.86. The van der Waals surface area contributed by atoms with Crippen LogP contribution in [0.3, 0.4) is 0 Å². The normalized spacial score (nSPS) is 13.6. The maximum Gasteiger partial charge on any atom is 0.435 e. The molecule has 0 bridgehead atoms. The number of H-pyrrole nitrogens is 1. The number of halogens is 4. The summed E-state index contributed by atoms with van der Waals surface area (Å²) in [6.45, 7) is 2.72. The largest absolute Gasteiger partial charge is 0.435 e. The molecule has 17 heavy (non-hydrogen) atoms. The van der Waals surface area contributed by atoms with Gasteiger partial charge in [-0.2, -0.15) is 18.3 Å². The molecule has 100 valence electrons. The van der Waals surface area contributed by atoms with Gasteiger partial charge in [-0.05, 0) is 20.0 Å². The van der Waals surface area contributed by atoms with Crippen molar-refractivity contribution in [2.45, 2.75) is 25.7 Å². The van der Waals surface area contributed by atoms with Gasteiger partial charge in [0.1, 0.15) is 0 Å². The van der Waals surface area contributed by atoms with Crippen molar-refractivity contribution in [2.24, 2.45) is 5.73 Å². The summed E-state index contributed by atoms with van der Waals surface area (Å²) in [5.41, 5.74) is 4.99. The van der Waals surface area contributed by atoms with Gasteiger partial charge < -0.3 is 5.73 Å². The first kappa shape index (κ1) is 16.2. The van der Waals surface area contributed by atoms with E-state index in [1.165, 1.54) is 0 Å². The number of hydrogen-bond donors (Lipinski definition) is 2. The highest BCUT2D eigenvalue weighted by atomic mass is 35.5. The van der Waals surface area contributed by atoms with Crippen molar-refractivity contribution in [3.05, 3.63) is 17.5 Å². The van der Waals surface area contributed by atoms with Crippen molar-refractivity contribution in [1.29, 1.82) is 0 Å². The summed E-state index contributed by atoms with van der Waals surface area (Å²) in [5.74, 6) is 0. The van der Waals surface area contributed by atoms with Gasteiger partial charge in [0.2, 0.25) is 0 Å². The van der Waals surface area contributed by atoms with E-state index in [-0.39, 0.29) is 18.4 Å². The van der Waals surface area contributed by atoms with E-state index in [9.17, 15) is 13.2 Å². The van der Waals surface area contributed by atoms with Crippen LogP contribution >= 0.6 is 12.4 Å². The molecule has 1 unspecified atom stereocenters. The summed E-state index contributed by atoms with van der Waals surface area (Å²) in [6.07, 6.45) is -4.40. The molecule has 0 fully saturated rings. The summed E-state index contributed by atoms with van der Waals surface area (Å²) in [5, 5.41) is 5.59. The monoisotopic (exact) mass is 272 g/mol. The molecule has 0 aliphatic carbocycles. The van der Waals surface area contributed by atoms with Crippen molar-refractivity contribution in [3.63, 3.8) is 0 Å². The second-order valence-electron chi connectivity index (χ2n) is 3.78. The zero-order valence-corrected chi connectivity index (χ0v) is 10.4. The highest BCUT2D eigenvalue weighted by Gasteiger charge is 2.33. The Labute approximate surface area is 104 Å². The van der Waals surface area contributed by atoms with E-state index in [0.29, 0.717) is 18.8 Å². The van der Waals surface area contributed by atoms with Crippen LogP contribution in [0.4, 0.5) is 13.2 Å². The molecule has 1 rings (SSSR count). The number of aromatic nitrogens is 2. The summed E-state index contributed by atoms with van der Waals surface area (Å²) in [6, 6.07) is 1.12. The number of likely N-dealkylation sites (N-methyl/N-ethyl adjacent to an activating group) is 1. The van der Waals surface area contributed by atoms with Gasteiger partial charge in [0, 0.05) is 24.8 Å². The fourth-order valence-corrected chi connectivity index (χ4v) is 1.19. The van der Waals surface area contributed by atoms with Crippen LogP contribution in [-0.2, 0) is 12.7 Å². The van der Waals surface area contributed by atoms with E-state index in [4.69, 9.17) is 5.73 Å². The van der Waals surface area contributed by atoms with Crippen LogP contribution in [0.15, 0.2) is 6.07 Å². The third kappa shape index (κ3) is 4.53. The van der Waals surface area contributed by atoms with Crippen LogP contribution in [0.2, 0.25) is 0 Å². The molecule has 3 N–H and O–H groups in total. The third-order valence-electron chi connectivity index (χ3n) is 2.43. The van der Waals surface area contributed by atoms with E-state index in [1.54, 1.807) is 7.05 Å². The van der Waals surface area contributed by atoms with E-state index in [0.717, 1.165) is 6.07 Å². The fraction of sp³-hybridized carbons (Fsp3) is 0.667. The average molecular weight is 273 g/mol. The lowest BCUT2D eigenvalue weighted by Crippen LogP contribution is -2.34. The van der Waals surface area contributed by atoms with Gasteiger partial charge in [0.05, 0.1) is 0 Å². The molecule has 0 aliphatic rings. The zero-order chi connectivity index (χ0) is 12.3. The smallest absolute Gasteiger partial charge is 0.329 e. The van der Waals surface area contributed by atoms with Crippen molar-refractivity contribution in [2.75, 3.05) is 13.6 Å². The van der Waals surface area contributed by atoms with Crippen LogP contribution in [0.25, 0.3) is 0 Å². The highest BCUT2D eigenvalue weighted by Crippen LogP contribution is 2.27. The van der Waals surface area contributed by atoms with Crippen molar-refractivity contribution >= 4 is 12.4 Å². The topological polar surface area (TPSA) is 57.9 Å². The second-order valence-corrected chi connectivity index (χ2v) is 3.78. The lowest BCUT2D eigenvalue weighted by Gasteiger charge is -2.22. The van der Waals surface area contributed by atoms with E-state index in [1.807, 2.05) is 11.8 Å². The molecule has 8 heteroatoms. The predicted octanol–water partition coefficient (Wildman–Crippen LogP) is 1.63. The lowest BCUT2D eigenvalue weighted by molar-refractivity contribution is -0.141. The maximum atomic E-state index is 12.2. The number of nitrogens with zero attached hydrogens (tertiary/aromatic N) is 2. The number of nitrogens with two attached hydrogens (primary N) is 1. The molecule has 1 aromatic heterocycles. The van der Waals surface area contributed by atoms with Crippen molar-refractivity contribution < 1.29 is 13.2 Å². The van der Waals surface area contributed by atoms with Crippen molar-refractivity contribution in [1.82, 2.24) is 15.1 Å². The Bertz CT molecular complexity index is 339. The Morgan fingerprint density at radius 1 is 1.53 bits per heavy atom. The van der Waals surface area contributed by atoms with Gasteiger partial charge in [0.25, 0.3) is 0 Å². The Balaban J connectivity index is 0.00000256. The molecule has 4 nitrogen and oxygen atoms in total. The molecule has 0 aromatic carbocycles. The van der Waals surface area contributed by atoms with Gasteiger partial charge in [-0.15, -0.1) is 12.4 Å². The van der Waals surface area contributed by atoms with Gasteiger partial charge >= 0.3 is 6.18 Å². The molecule has 1 atom stereocenters. The number of hydrogen-bond acceptors (Lipinski definition) is 3. The second kappa shape index (κ2) is 6.23. The number of nitrogens with one attached hydrogen (secondary N) is 1. The quantitative estimate of drug-likeness (QED) is 0.876. The van der Waals surface area contributed by atoms with Crippen LogP contribution in [0, 0.1) is 0 Å². The molecule has 0 saturated heterocycles. The average Bonchev–Trinajstić information content (AvgIpc) is 2.64. The molecular formula is C9H16ClF3N4. The van der Waals surface area contributed by atoms with Crippen LogP contribution in [0.5, 0.6) is 0 Å². The molecule has 0 spiro atoms. The van der Waals surface area contributed by atoms with E-state index in [2.05, 4.69) is 10.2 Å². The summed E-state index contributed by atoms with van der Waals surface area (Å²) >= 11 is 0. The van der Waals surface area contributed by atoms with E-state index < -0.39 is 11.9 Å². The standard InChI is InChI=1S/C9H15F3N4.ClH/c1-6(4-13)16(2)5-7-3-8(15-14-7)9(10,11)12;/h3,6H,4-5,13H2,1-2H3,(H,14,15);1H. The Morgan fingerprint density at radius 3 is 2.53 bits per heavy atom. The minimum Gasteiger partial charge on any atom is -0.329 e. The lowest BCUT2D eigenvalue weighted by atomic mass is 10.2. The minimum absolute atomic E-state index is 0. The molecule has 0 amide bonds. The molecular weight excluding hydrogens is 257 g/mol. The molecule has 0 saturated carbocycles. The minimum atomic E-state index is -4.40. The maximum absolute atomic E-state index is 12.2. The first-order chi connectivity index (χ1) is 7.34. The van der Waals surface area contributed by atoms with Crippen LogP contribution < -0.4 is 5.73 Å². The fourth-order valence-electron chi connectivity index (χ4n) is 1.19. The van der Waals surface area contributed by atoms with E-state index >= 15 is 0 Å². The Kier molecular flexibility index (Phi) is 5.94. The molecule has 0 radical (unpaired) electrons.